The SMILES string of the molecule is CN=C(NCCNC(=O)c1ccccc1Cl)NCc1sc(C)nc1C. The Morgan fingerprint density at radius 2 is 1.92 bits per heavy atom. The van der Waals surface area contributed by atoms with Gasteiger partial charge in [-0.3, -0.25) is 9.79 Å². The number of nitrogens with zero attached hydrogens (tertiary/aromatic N) is 2. The molecule has 0 fully saturated rings. The van der Waals surface area contributed by atoms with Gasteiger partial charge >= 0.3 is 0 Å². The van der Waals surface area contributed by atoms with Crippen molar-refractivity contribution in [3.05, 3.63) is 50.4 Å². The highest BCUT2D eigenvalue weighted by atomic mass is 35.5. The van der Waals surface area contributed by atoms with Crippen molar-refractivity contribution in [2.24, 2.45) is 4.99 Å². The molecule has 0 spiro atoms. The number of aryl methyl sites for hydroxylation is 2. The number of hydrogen-bond donors (Lipinski definition) is 3. The first-order valence-electron chi connectivity index (χ1n) is 7.91. The van der Waals surface area contributed by atoms with Crippen molar-refractivity contribution in [1.82, 2.24) is 20.9 Å². The summed E-state index contributed by atoms with van der Waals surface area (Å²) in [6.07, 6.45) is 0. The first kappa shape index (κ1) is 19.2. The van der Waals surface area contributed by atoms with E-state index >= 15 is 0 Å². The summed E-state index contributed by atoms with van der Waals surface area (Å²) >= 11 is 7.68. The van der Waals surface area contributed by atoms with E-state index in [0.29, 0.717) is 36.2 Å². The molecule has 1 amide bonds. The predicted octanol–water partition coefficient (Wildman–Crippen LogP) is 2.51. The van der Waals surface area contributed by atoms with Crippen LogP contribution in [0.3, 0.4) is 0 Å². The van der Waals surface area contributed by atoms with E-state index in [0.717, 1.165) is 10.7 Å². The van der Waals surface area contributed by atoms with Crippen LogP contribution < -0.4 is 16.0 Å². The minimum atomic E-state index is -0.189. The normalized spacial score (nSPS) is 11.3. The van der Waals surface area contributed by atoms with E-state index in [1.54, 1.807) is 42.6 Å². The summed E-state index contributed by atoms with van der Waals surface area (Å²) in [7, 11) is 1.71. The fourth-order valence-corrected chi connectivity index (χ4v) is 3.32. The van der Waals surface area contributed by atoms with Gasteiger partial charge in [-0.2, -0.15) is 0 Å². The van der Waals surface area contributed by atoms with Crippen LogP contribution in [-0.2, 0) is 6.54 Å². The van der Waals surface area contributed by atoms with Gasteiger partial charge in [-0.1, -0.05) is 23.7 Å². The zero-order valence-corrected chi connectivity index (χ0v) is 16.1. The summed E-state index contributed by atoms with van der Waals surface area (Å²) in [5.41, 5.74) is 1.51. The van der Waals surface area contributed by atoms with Crippen molar-refractivity contribution in [1.29, 1.82) is 0 Å². The van der Waals surface area contributed by atoms with E-state index in [1.165, 1.54) is 4.88 Å². The first-order chi connectivity index (χ1) is 12.0. The monoisotopic (exact) mass is 379 g/mol. The lowest BCUT2D eigenvalue weighted by Gasteiger charge is -2.12. The van der Waals surface area contributed by atoms with E-state index in [-0.39, 0.29) is 5.91 Å². The lowest BCUT2D eigenvalue weighted by molar-refractivity contribution is 0.0954. The smallest absolute Gasteiger partial charge is 0.252 e. The molecule has 6 nitrogen and oxygen atoms in total. The largest absolute Gasteiger partial charge is 0.355 e. The first-order valence-corrected chi connectivity index (χ1v) is 9.11. The van der Waals surface area contributed by atoms with Crippen molar-refractivity contribution in [3.8, 4) is 0 Å². The molecule has 25 heavy (non-hydrogen) atoms. The average molecular weight is 380 g/mol. The minimum Gasteiger partial charge on any atom is -0.355 e. The third-order valence-electron chi connectivity index (χ3n) is 3.46. The number of benzene rings is 1. The second-order valence-corrected chi connectivity index (χ2v) is 7.02. The second kappa shape index (κ2) is 9.39. The quantitative estimate of drug-likeness (QED) is 0.409. The summed E-state index contributed by atoms with van der Waals surface area (Å²) in [4.78, 5) is 21.8. The van der Waals surface area contributed by atoms with Crippen LogP contribution in [-0.4, -0.2) is 37.0 Å². The number of rotatable bonds is 6. The van der Waals surface area contributed by atoms with Crippen molar-refractivity contribution in [3.63, 3.8) is 0 Å². The topological polar surface area (TPSA) is 78.4 Å². The van der Waals surface area contributed by atoms with Crippen LogP contribution in [0.1, 0.15) is 25.9 Å². The molecule has 0 saturated carbocycles. The molecule has 0 aliphatic heterocycles. The molecular formula is C17H22ClN5OS. The van der Waals surface area contributed by atoms with Crippen molar-refractivity contribution in [2.75, 3.05) is 20.1 Å². The second-order valence-electron chi connectivity index (χ2n) is 5.33. The Balaban J connectivity index is 1.73. The highest BCUT2D eigenvalue weighted by molar-refractivity contribution is 7.11. The van der Waals surface area contributed by atoms with Crippen molar-refractivity contribution < 1.29 is 4.79 Å². The molecule has 0 unspecified atom stereocenters. The summed E-state index contributed by atoms with van der Waals surface area (Å²) in [5.74, 6) is 0.489. The predicted molar refractivity (Wildman–Crippen MR) is 104 cm³/mol. The van der Waals surface area contributed by atoms with Gasteiger partial charge in [0.15, 0.2) is 5.96 Å². The molecule has 0 radical (unpaired) electrons. The molecule has 0 atom stereocenters. The fraction of sp³-hybridized carbons (Fsp3) is 0.353. The maximum atomic E-state index is 12.1. The molecule has 2 aromatic rings. The molecule has 8 heteroatoms. The van der Waals surface area contributed by atoms with Crippen LogP contribution in [0.2, 0.25) is 5.02 Å². The maximum absolute atomic E-state index is 12.1. The molecule has 0 aliphatic rings. The molecule has 0 saturated heterocycles. The number of hydrogen-bond acceptors (Lipinski definition) is 4. The molecule has 1 heterocycles. The van der Waals surface area contributed by atoms with Crippen LogP contribution >= 0.6 is 22.9 Å². The average Bonchev–Trinajstić information content (AvgIpc) is 2.92. The Kier molecular flexibility index (Phi) is 7.21. The number of aromatic nitrogens is 1. The third kappa shape index (κ3) is 5.72. The molecule has 1 aromatic carbocycles. The summed E-state index contributed by atoms with van der Waals surface area (Å²) < 4.78 is 0. The number of halogens is 1. The van der Waals surface area contributed by atoms with Crippen LogP contribution in [0.4, 0.5) is 0 Å². The van der Waals surface area contributed by atoms with Gasteiger partial charge in [0, 0.05) is 25.0 Å². The number of amides is 1. The summed E-state index contributed by atoms with van der Waals surface area (Å²) in [6.45, 7) is 5.68. The highest BCUT2D eigenvalue weighted by Crippen LogP contribution is 2.16. The van der Waals surface area contributed by atoms with Crippen LogP contribution in [0.25, 0.3) is 0 Å². The standard InChI is InChI=1S/C17H22ClN5OS/c1-11-15(25-12(2)23-11)10-22-17(19-3)21-9-8-20-16(24)13-6-4-5-7-14(13)18/h4-7H,8-10H2,1-3H3,(H,20,24)(H2,19,21,22). The van der Waals surface area contributed by atoms with Gasteiger partial charge in [-0.05, 0) is 26.0 Å². The molecule has 3 N–H and O–H groups in total. The van der Waals surface area contributed by atoms with Gasteiger partial charge in [-0.25, -0.2) is 4.98 Å². The zero-order valence-electron chi connectivity index (χ0n) is 14.5. The maximum Gasteiger partial charge on any atom is 0.252 e. The van der Waals surface area contributed by atoms with Gasteiger partial charge < -0.3 is 16.0 Å². The molecule has 2 rings (SSSR count). The number of thiazole rings is 1. The van der Waals surface area contributed by atoms with Crippen LogP contribution in [0, 0.1) is 13.8 Å². The number of aliphatic imine (C=N–C) groups is 1. The Labute approximate surface area is 156 Å². The Morgan fingerprint density at radius 3 is 2.56 bits per heavy atom. The highest BCUT2D eigenvalue weighted by Gasteiger charge is 2.09. The number of carbonyl (C=O) groups excluding carboxylic acids is 1. The Bertz CT molecular complexity index is 759. The lowest BCUT2D eigenvalue weighted by atomic mass is 10.2. The third-order valence-corrected chi connectivity index (χ3v) is 4.86. The molecular weight excluding hydrogens is 358 g/mol. The lowest BCUT2D eigenvalue weighted by Crippen LogP contribution is -2.41. The Morgan fingerprint density at radius 1 is 1.20 bits per heavy atom. The Hall–Kier alpha value is -2.12. The number of guanidine groups is 1. The van der Waals surface area contributed by atoms with E-state index in [2.05, 4.69) is 25.9 Å². The molecule has 134 valence electrons. The minimum absolute atomic E-state index is 0.189. The molecule has 0 bridgehead atoms. The summed E-state index contributed by atoms with van der Waals surface area (Å²) in [6, 6.07) is 6.98. The molecule has 1 aromatic heterocycles. The van der Waals surface area contributed by atoms with E-state index in [4.69, 9.17) is 11.6 Å². The van der Waals surface area contributed by atoms with E-state index in [1.807, 2.05) is 13.8 Å². The van der Waals surface area contributed by atoms with E-state index < -0.39 is 0 Å². The van der Waals surface area contributed by atoms with Crippen molar-refractivity contribution >= 4 is 34.8 Å². The van der Waals surface area contributed by atoms with Crippen LogP contribution in [0.15, 0.2) is 29.3 Å². The number of nitrogens with one attached hydrogen (secondary N) is 3. The van der Waals surface area contributed by atoms with E-state index in [9.17, 15) is 4.79 Å². The van der Waals surface area contributed by atoms with Gasteiger partial charge in [-0.15, -0.1) is 11.3 Å². The summed E-state index contributed by atoms with van der Waals surface area (Å²) in [5, 5.41) is 10.7. The van der Waals surface area contributed by atoms with Gasteiger partial charge in [0.2, 0.25) is 0 Å². The molecule has 0 aliphatic carbocycles. The van der Waals surface area contributed by atoms with Gasteiger partial charge in [0.05, 0.1) is 27.8 Å². The fourth-order valence-electron chi connectivity index (χ4n) is 2.22. The van der Waals surface area contributed by atoms with Crippen molar-refractivity contribution in [2.45, 2.75) is 20.4 Å². The van der Waals surface area contributed by atoms with Gasteiger partial charge in [0.25, 0.3) is 5.91 Å². The number of carbonyl (C=O) groups is 1. The van der Waals surface area contributed by atoms with Gasteiger partial charge in [0.1, 0.15) is 0 Å². The zero-order chi connectivity index (χ0) is 18.2. The van der Waals surface area contributed by atoms with Crippen LogP contribution in [0.5, 0.6) is 0 Å².